The molecule has 0 radical (unpaired) electrons. The molecule has 0 atom stereocenters. The van der Waals surface area contributed by atoms with Crippen LogP contribution in [0, 0.1) is 25.2 Å². The SMILES string of the molecule is CC(N)=Nc1cc(NC(=O)c2cnc(C)c(C#N)c2)ccc1C. The normalized spacial score (nSPS) is 11.0. The second kappa shape index (κ2) is 6.71. The van der Waals surface area contributed by atoms with Crippen molar-refractivity contribution in [1.29, 1.82) is 5.26 Å². The number of nitriles is 1. The van der Waals surface area contributed by atoms with Gasteiger partial charge in [-0.05, 0) is 44.5 Å². The van der Waals surface area contributed by atoms with Crippen LogP contribution >= 0.6 is 0 Å². The first-order valence-corrected chi connectivity index (χ1v) is 7.00. The summed E-state index contributed by atoms with van der Waals surface area (Å²) in [5, 5.41) is 11.8. The molecule has 0 aliphatic rings. The number of carbonyl (C=O) groups is 1. The Morgan fingerprint density at radius 2 is 2.09 bits per heavy atom. The molecule has 0 spiro atoms. The fourth-order valence-electron chi connectivity index (χ4n) is 1.97. The van der Waals surface area contributed by atoms with Gasteiger partial charge in [-0.3, -0.25) is 9.78 Å². The van der Waals surface area contributed by atoms with Crippen LogP contribution in [0.25, 0.3) is 0 Å². The van der Waals surface area contributed by atoms with Crippen molar-refractivity contribution in [3.63, 3.8) is 0 Å². The zero-order valence-electron chi connectivity index (χ0n) is 13.2. The molecule has 0 bridgehead atoms. The third-order valence-electron chi connectivity index (χ3n) is 3.23. The van der Waals surface area contributed by atoms with E-state index in [0.717, 1.165) is 5.56 Å². The summed E-state index contributed by atoms with van der Waals surface area (Å²) in [5.41, 5.74) is 9.15. The van der Waals surface area contributed by atoms with Gasteiger partial charge in [0.1, 0.15) is 6.07 Å². The van der Waals surface area contributed by atoms with Crippen molar-refractivity contribution >= 4 is 23.1 Å². The van der Waals surface area contributed by atoms with Crippen molar-refractivity contribution in [2.24, 2.45) is 10.7 Å². The number of rotatable bonds is 3. The summed E-state index contributed by atoms with van der Waals surface area (Å²) < 4.78 is 0. The molecule has 2 rings (SSSR count). The third kappa shape index (κ3) is 3.92. The highest BCUT2D eigenvalue weighted by Gasteiger charge is 2.10. The minimum absolute atomic E-state index is 0.327. The Morgan fingerprint density at radius 3 is 2.74 bits per heavy atom. The average molecular weight is 307 g/mol. The maximum absolute atomic E-state index is 12.3. The molecule has 1 aromatic heterocycles. The second-order valence-corrected chi connectivity index (χ2v) is 5.18. The molecule has 1 heterocycles. The van der Waals surface area contributed by atoms with Gasteiger partial charge in [0.2, 0.25) is 0 Å². The third-order valence-corrected chi connectivity index (χ3v) is 3.23. The smallest absolute Gasteiger partial charge is 0.257 e. The van der Waals surface area contributed by atoms with Gasteiger partial charge in [0.05, 0.1) is 28.3 Å². The van der Waals surface area contributed by atoms with Crippen LogP contribution in [0.3, 0.4) is 0 Å². The molecule has 0 fully saturated rings. The van der Waals surface area contributed by atoms with Gasteiger partial charge in [-0.15, -0.1) is 0 Å². The number of hydrogen-bond acceptors (Lipinski definition) is 4. The van der Waals surface area contributed by atoms with Crippen molar-refractivity contribution in [3.05, 3.63) is 52.8 Å². The number of anilines is 1. The molecule has 6 nitrogen and oxygen atoms in total. The number of amides is 1. The molecular weight excluding hydrogens is 290 g/mol. The van der Waals surface area contributed by atoms with Crippen LogP contribution in [-0.2, 0) is 0 Å². The molecule has 2 aromatic rings. The van der Waals surface area contributed by atoms with E-state index in [1.165, 1.54) is 12.3 Å². The Hall–Kier alpha value is -3.20. The van der Waals surface area contributed by atoms with Gasteiger partial charge in [0, 0.05) is 11.9 Å². The predicted molar refractivity (Wildman–Crippen MR) is 89.8 cm³/mol. The molecule has 0 unspecified atom stereocenters. The molecule has 0 aliphatic heterocycles. The summed E-state index contributed by atoms with van der Waals surface area (Å²) in [6.07, 6.45) is 1.45. The lowest BCUT2D eigenvalue weighted by Crippen LogP contribution is -2.13. The number of benzene rings is 1. The molecule has 116 valence electrons. The van der Waals surface area contributed by atoms with Gasteiger partial charge in [-0.2, -0.15) is 5.26 Å². The van der Waals surface area contributed by atoms with E-state index in [1.807, 2.05) is 19.1 Å². The molecular formula is C17H17N5O. The van der Waals surface area contributed by atoms with Gasteiger partial charge in [0.25, 0.3) is 5.91 Å². The number of aromatic nitrogens is 1. The molecule has 1 amide bonds. The van der Waals surface area contributed by atoms with E-state index in [9.17, 15) is 4.79 Å². The minimum atomic E-state index is -0.336. The molecule has 1 aromatic carbocycles. The van der Waals surface area contributed by atoms with Crippen molar-refractivity contribution < 1.29 is 4.79 Å². The van der Waals surface area contributed by atoms with E-state index in [-0.39, 0.29) is 5.91 Å². The van der Waals surface area contributed by atoms with Crippen molar-refractivity contribution in [2.45, 2.75) is 20.8 Å². The van der Waals surface area contributed by atoms with Crippen LogP contribution in [0.1, 0.15) is 34.1 Å². The lowest BCUT2D eigenvalue weighted by molar-refractivity contribution is 0.102. The predicted octanol–water partition coefficient (Wildman–Crippen LogP) is 2.83. The summed E-state index contributed by atoms with van der Waals surface area (Å²) in [6, 6.07) is 8.92. The standard InChI is InChI=1S/C17H17N5O/c1-10-4-5-15(7-16(10)21-12(3)19)22-17(23)14-6-13(8-18)11(2)20-9-14/h4-7,9H,1-3H3,(H2,19,21)(H,22,23). The van der Waals surface area contributed by atoms with Crippen LogP contribution in [-0.4, -0.2) is 16.7 Å². The second-order valence-electron chi connectivity index (χ2n) is 5.18. The van der Waals surface area contributed by atoms with E-state index in [2.05, 4.69) is 15.3 Å². The number of aliphatic imine (C=N–C) groups is 1. The van der Waals surface area contributed by atoms with Gasteiger partial charge in [-0.25, -0.2) is 4.99 Å². The zero-order valence-corrected chi connectivity index (χ0v) is 13.2. The Morgan fingerprint density at radius 1 is 1.35 bits per heavy atom. The first kappa shape index (κ1) is 16.2. The first-order valence-electron chi connectivity index (χ1n) is 7.00. The number of nitrogens with one attached hydrogen (secondary N) is 1. The van der Waals surface area contributed by atoms with Crippen molar-refractivity contribution in [2.75, 3.05) is 5.32 Å². The monoisotopic (exact) mass is 307 g/mol. The van der Waals surface area contributed by atoms with Crippen LogP contribution in [0.5, 0.6) is 0 Å². The van der Waals surface area contributed by atoms with E-state index in [1.54, 1.807) is 26.0 Å². The topological polar surface area (TPSA) is 104 Å². The number of carbonyl (C=O) groups excluding carboxylic acids is 1. The Bertz CT molecular complexity index is 829. The van der Waals surface area contributed by atoms with Gasteiger partial charge in [-0.1, -0.05) is 6.07 Å². The van der Waals surface area contributed by atoms with E-state index in [0.29, 0.717) is 34.0 Å². The van der Waals surface area contributed by atoms with Crippen molar-refractivity contribution in [3.8, 4) is 6.07 Å². The summed E-state index contributed by atoms with van der Waals surface area (Å²) >= 11 is 0. The van der Waals surface area contributed by atoms with Crippen LogP contribution in [0.4, 0.5) is 11.4 Å². The number of pyridine rings is 1. The molecule has 0 saturated carbocycles. The average Bonchev–Trinajstić information content (AvgIpc) is 2.50. The number of hydrogen-bond donors (Lipinski definition) is 2. The van der Waals surface area contributed by atoms with Crippen LogP contribution < -0.4 is 11.1 Å². The summed E-state index contributed by atoms with van der Waals surface area (Å²) in [5.74, 6) is 0.107. The van der Waals surface area contributed by atoms with E-state index in [4.69, 9.17) is 11.0 Å². The minimum Gasteiger partial charge on any atom is -0.387 e. The molecule has 6 heteroatoms. The molecule has 3 N–H and O–H groups in total. The Labute approximate surface area is 134 Å². The summed E-state index contributed by atoms with van der Waals surface area (Å²) in [4.78, 5) is 20.6. The zero-order chi connectivity index (χ0) is 17.0. The van der Waals surface area contributed by atoms with Crippen LogP contribution in [0.15, 0.2) is 35.5 Å². The molecule has 0 saturated heterocycles. The highest BCUT2D eigenvalue weighted by molar-refractivity contribution is 6.04. The van der Waals surface area contributed by atoms with Crippen molar-refractivity contribution in [1.82, 2.24) is 4.98 Å². The lowest BCUT2D eigenvalue weighted by atomic mass is 10.1. The number of aryl methyl sites for hydroxylation is 2. The summed E-state index contributed by atoms with van der Waals surface area (Å²) in [7, 11) is 0. The number of amidine groups is 1. The Balaban J connectivity index is 2.27. The van der Waals surface area contributed by atoms with E-state index < -0.39 is 0 Å². The highest BCUT2D eigenvalue weighted by atomic mass is 16.1. The van der Waals surface area contributed by atoms with E-state index >= 15 is 0 Å². The Kier molecular flexibility index (Phi) is 4.72. The number of nitrogens with two attached hydrogens (primary N) is 1. The van der Waals surface area contributed by atoms with Gasteiger partial charge in [0.15, 0.2) is 0 Å². The lowest BCUT2D eigenvalue weighted by Gasteiger charge is -2.08. The first-order chi connectivity index (χ1) is 10.9. The summed E-state index contributed by atoms with van der Waals surface area (Å²) in [6.45, 7) is 5.34. The molecule has 0 aliphatic carbocycles. The largest absolute Gasteiger partial charge is 0.387 e. The maximum Gasteiger partial charge on any atom is 0.257 e. The van der Waals surface area contributed by atoms with Crippen LogP contribution in [0.2, 0.25) is 0 Å². The fourth-order valence-corrected chi connectivity index (χ4v) is 1.97. The molecule has 23 heavy (non-hydrogen) atoms. The fraction of sp³-hybridized carbons (Fsp3) is 0.176. The quantitative estimate of drug-likeness (QED) is 0.672. The van der Waals surface area contributed by atoms with Gasteiger partial charge >= 0.3 is 0 Å². The maximum atomic E-state index is 12.3. The number of nitrogens with zero attached hydrogens (tertiary/aromatic N) is 3. The van der Waals surface area contributed by atoms with Gasteiger partial charge < -0.3 is 11.1 Å². The highest BCUT2D eigenvalue weighted by Crippen LogP contribution is 2.23.